The van der Waals surface area contributed by atoms with Crippen molar-refractivity contribution in [1.82, 2.24) is 0 Å². The Labute approximate surface area is 157 Å². The van der Waals surface area contributed by atoms with Crippen LogP contribution in [0.3, 0.4) is 0 Å². The lowest BCUT2D eigenvalue weighted by molar-refractivity contribution is 0.0251. The zero-order valence-electron chi connectivity index (χ0n) is 12.9. The summed E-state index contributed by atoms with van der Waals surface area (Å²) in [4.78, 5) is 12.7. The summed E-state index contributed by atoms with van der Waals surface area (Å²) in [5.41, 5.74) is 1.63. The van der Waals surface area contributed by atoms with Crippen molar-refractivity contribution in [3.05, 3.63) is 92.6 Å². The lowest BCUT2D eigenvalue weighted by Gasteiger charge is -2.30. The maximum atomic E-state index is 12.7. The zero-order chi connectivity index (χ0) is 17.6. The van der Waals surface area contributed by atoms with Crippen molar-refractivity contribution in [2.24, 2.45) is 0 Å². The number of halogens is 1. The molecule has 124 valence electrons. The monoisotopic (exact) mass is 444 g/mol. The number of hydrogen-bond acceptors (Lipinski definition) is 4. The minimum absolute atomic E-state index is 0.136. The Morgan fingerprint density at radius 3 is 1.84 bits per heavy atom. The fourth-order valence-corrected chi connectivity index (χ4v) is 3.98. The number of phenolic OH excluding ortho intramolecular Hbond substituents is 2. The number of phenols is 2. The van der Waals surface area contributed by atoms with Crippen LogP contribution in [0.15, 0.2) is 66.7 Å². The summed E-state index contributed by atoms with van der Waals surface area (Å²) in [5, 5.41) is 19.3. The highest BCUT2D eigenvalue weighted by Gasteiger charge is 2.49. The van der Waals surface area contributed by atoms with Crippen LogP contribution in [0, 0.1) is 3.57 Å². The molecule has 0 spiro atoms. The number of benzene rings is 3. The Bertz CT molecular complexity index is 916. The lowest BCUT2D eigenvalue weighted by atomic mass is 9.80. The third kappa shape index (κ3) is 2.38. The van der Waals surface area contributed by atoms with Crippen LogP contribution in [0.2, 0.25) is 0 Å². The number of ether oxygens (including phenoxy) is 1. The summed E-state index contributed by atoms with van der Waals surface area (Å²) in [5.74, 6) is -0.116. The van der Waals surface area contributed by atoms with Gasteiger partial charge in [-0.25, -0.2) is 4.79 Å². The summed E-state index contributed by atoms with van der Waals surface area (Å²) in [7, 11) is 0. The summed E-state index contributed by atoms with van der Waals surface area (Å²) in [6.45, 7) is 0. The second-order valence-electron chi connectivity index (χ2n) is 5.83. The van der Waals surface area contributed by atoms with Gasteiger partial charge >= 0.3 is 5.97 Å². The highest BCUT2D eigenvalue weighted by atomic mass is 127. The van der Waals surface area contributed by atoms with Crippen molar-refractivity contribution in [3.8, 4) is 11.5 Å². The van der Waals surface area contributed by atoms with Gasteiger partial charge in [-0.15, -0.1) is 0 Å². The molecule has 3 aromatic carbocycles. The smallest absolute Gasteiger partial charge is 0.341 e. The first-order chi connectivity index (χ1) is 12.0. The second kappa shape index (κ2) is 5.77. The largest absolute Gasteiger partial charge is 0.508 e. The number of fused-ring (bicyclic) bond motifs is 1. The SMILES string of the molecule is O=C1OC(c2ccc(O)cc2)(c2ccc(O)cc2)c2cccc(I)c21. The van der Waals surface area contributed by atoms with Gasteiger partial charge in [0, 0.05) is 20.3 Å². The molecule has 4 nitrogen and oxygen atoms in total. The molecule has 2 N–H and O–H groups in total. The van der Waals surface area contributed by atoms with Gasteiger partial charge in [-0.2, -0.15) is 0 Å². The van der Waals surface area contributed by atoms with Crippen LogP contribution in [-0.4, -0.2) is 16.2 Å². The molecule has 0 aliphatic carbocycles. The molecule has 0 radical (unpaired) electrons. The van der Waals surface area contributed by atoms with Gasteiger partial charge in [-0.3, -0.25) is 0 Å². The van der Waals surface area contributed by atoms with Crippen LogP contribution in [-0.2, 0) is 10.3 Å². The highest BCUT2D eigenvalue weighted by molar-refractivity contribution is 14.1. The van der Waals surface area contributed by atoms with Crippen molar-refractivity contribution in [3.63, 3.8) is 0 Å². The molecule has 1 aliphatic heterocycles. The number of cyclic esters (lactones) is 1. The molecule has 3 aromatic rings. The molecule has 0 bridgehead atoms. The maximum absolute atomic E-state index is 12.7. The number of carbonyl (C=O) groups excluding carboxylic acids is 1. The first-order valence-corrected chi connectivity index (χ1v) is 8.71. The van der Waals surface area contributed by atoms with Crippen LogP contribution in [0.1, 0.15) is 27.0 Å². The topological polar surface area (TPSA) is 66.8 Å². The first-order valence-electron chi connectivity index (χ1n) is 7.64. The van der Waals surface area contributed by atoms with Gasteiger partial charge in [-0.05, 0) is 52.9 Å². The van der Waals surface area contributed by atoms with Gasteiger partial charge in [0.25, 0.3) is 0 Å². The number of aromatic hydroxyl groups is 2. The van der Waals surface area contributed by atoms with E-state index in [1.165, 1.54) is 0 Å². The van der Waals surface area contributed by atoms with E-state index >= 15 is 0 Å². The molecule has 1 heterocycles. The summed E-state index contributed by atoms with van der Waals surface area (Å²) in [6.07, 6.45) is 0. The van der Waals surface area contributed by atoms with E-state index in [-0.39, 0.29) is 17.5 Å². The quantitative estimate of drug-likeness (QED) is 0.460. The Morgan fingerprint density at radius 1 is 0.800 bits per heavy atom. The van der Waals surface area contributed by atoms with Gasteiger partial charge in [0.1, 0.15) is 11.5 Å². The molecule has 0 saturated carbocycles. The van der Waals surface area contributed by atoms with E-state index in [0.29, 0.717) is 5.56 Å². The fraction of sp³-hybridized carbons (Fsp3) is 0.0500. The van der Waals surface area contributed by atoms with Gasteiger partial charge in [0.2, 0.25) is 0 Å². The van der Waals surface area contributed by atoms with Crippen molar-refractivity contribution in [1.29, 1.82) is 0 Å². The predicted molar refractivity (Wildman–Crippen MR) is 101 cm³/mol. The Balaban J connectivity index is 2.05. The Hall–Kier alpha value is -2.54. The molecular formula is C20H13IO4. The van der Waals surface area contributed by atoms with Crippen LogP contribution in [0.25, 0.3) is 0 Å². The molecular weight excluding hydrogens is 431 g/mol. The van der Waals surface area contributed by atoms with Gasteiger partial charge in [0.05, 0.1) is 5.56 Å². The van der Waals surface area contributed by atoms with Crippen LogP contribution < -0.4 is 0 Å². The van der Waals surface area contributed by atoms with Gasteiger partial charge in [-0.1, -0.05) is 36.4 Å². The van der Waals surface area contributed by atoms with Gasteiger partial charge < -0.3 is 14.9 Å². The number of rotatable bonds is 2. The predicted octanol–water partition coefficient (Wildman–Crippen LogP) is 4.16. The van der Waals surface area contributed by atoms with Crippen molar-refractivity contribution >= 4 is 28.6 Å². The molecule has 0 unspecified atom stereocenters. The van der Waals surface area contributed by atoms with Crippen molar-refractivity contribution in [2.45, 2.75) is 5.60 Å². The second-order valence-corrected chi connectivity index (χ2v) is 6.99. The van der Waals surface area contributed by atoms with E-state index in [1.807, 2.05) is 18.2 Å². The molecule has 0 aromatic heterocycles. The molecule has 0 amide bonds. The molecule has 0 fully saturated rings. The number of esters is 1. The summed E-state index contributed by atoms with van der Waals surface area (Å²) < 4.78 is 6.76. The van der Waals surface area contributed by atoms with E-state index in [4.69, 9.17) is 4.74 Å². The number of hydrogen-bond donors (Lipinski definition) is 2. The normalized spacial score (nSPS) is 14.8. The minimum atomic E-state index is -1.12. The maximum Gasteiger partial charge on any atom is 0.341 e. The standard InChI is InChI=1S/C20H13IO4/c21-17-3-1-2-16-18(17)19(24)25-20(16,12-4-8-14(22)9-5-12)13-6-10-15(23)11-7-13/h1-11,22-23H. The van der Waals surface area contributed by atoms with Crippen molar-refractivity contribution in [2.75, 3.05) is 0 Å². The minimum Gasteiger partial charge on any atom is -0.508 e. The van der Waals surface area contributed by atoms with Gasteiger partial charge in [0.15, 0.2) is 5.60 Å². The average molecular weight is 444 g/mol. The van der Waals surface area contributed by atoms with E-state index in [0.717, 1.165) is 20.3 Å². The number of carbonyl (C=O) groups is 1. The first kappa shape index (κ1) is 16.0. The highest BCUT2D eigenvalue weighted by Crippen LogP contribution is 2.48. The molecule has 0 atom stereocenters. The van der Waals surface area contributed by atoms with E-state index in [2.05, 4.69) is 22.6 Å². The van der Waals surface area contributed by atoms with E-state index in [1.54, 1.807) is 48.5 Å². The average Bonchev–Trinajstić information content (AvgIpc) is 2.91. The summed E-state index contributed by atoms with van der Waals surface area (Å²) in [6, 6.07) is 18.9. The van der Waals surface area contributed by atoms with E-state index in [9.17, 15) is 15.0 Å². The Kier molecular flexibility index (Phi) is 3.68. The summed E-state index contributed by atoms with van der Waals surface area (Å²) >= 11 is 2.13. The molecule has 1 aliphatic rings. The molecule has 0 saturated heterocycles. The van der Waals surface area contributed by atoms with Crippen LogP contribution in [0.5, 0.6) is 11.5 Å². The van der Waals surface area contributed by atoms with E-state index < -0.39 is 5.60 Å². The zero-order valence-corrected chi connectivity index (χ0v) is 15.1. The van der Waals surface area contributed by atoms with Crippen LogP contribution in [0.4, 0.5) is 0 Å². The third-order valence-corrected chi connectivity index (χ3v) is 5.29. The third-order valence-electron chi connectivity index (χ3n) is 4.39. The Morgan fingerprint density at radius 2 is 1.32 bits per heavy atom. The molecule has 4 rings (SSSR count). The van der Waals surface area contributed by atoms with Crippen molar-refractivity contribution < 1.29 is 19.7 Å². The lowest BCUT2D eigenvalue weighted by Crippen LogP contribution is -2.29. The fourth-order valence-electron chi connectivity index (χ4n) is 3.26. The molecule has 25 heavy (non-hydrogen) atoms. The molecule has 5 heteroatoms. The van der Waals surface area contributed by atoms with Crippen LogP contribution >= 0.6 is 22.6 Å².